The molecule has 0 bridgehead atoms. The summed E-state index contributed by atoms with van der Waals surface area (Å²) < 4.78 is 62.6. The molecule has 1 saturated carbocycles. The maximum atomic E-state index is 13.2. The van der Waals surface area contributed by atoms with Crippen LogP contribution in [0.2, 0.25) is 0 Å². The van der Waals surface area contributed by atoms with Gasteiger partial charge in [0.15, 0.2) is 0 Å². The SMILES string of the molecule is NS(=O)(=O)c1ccc(N2CCC3CCCCC32)cc1C(F)(F)F. The average molecular weight is 348 g/mol. The van der Waals surface area contributed by atoms with Gasteiger partial charge in [-0.2, -0.15) is 13.2 Å². The van der Waals surface area contributed by atoms with Crippen molar-refractivity contribution in [2.24, 2.45) is 11.1 Å². The second-order valence-electron chi connectivity index (χ2n) is 6.32. The number of sulfonamides is 1. The van der Waals surface area contributed by atoms with Crippen LogP contribution in [-0.2, 0) is 16.2 Å². The Morgan fingerprint density at radius 3 is 2.48 bits per heavy atom. The van der Waals surface area contributed by atoms with Crippen LogP contribution in [0.4, 0.5) is 18.9 Å². The molecule has 8 heteroatoms. The number of benzene rings is 1. The summed E-state index contributed by atoms with van der Waals surface area (Å²) in [5.41, 5.74) is -0.754. The summed E-state index contributed by atoms with van der Waals surface area (Å²) in [6, 6.07) is 3.59. The molecule has 1 saturated heterocycles. The van der Waals surface area contributed by atoms with E-state index in [4.69, 9.17) is 5.14 Å². The number of nitrogens with two attached hydrogens (primary N) is 1. The lowest BCUT2D eigenvalue weighted by Crippen LogP contribution is -2.35. The third-order valence-corrected chi connectivity index (χ3v) is 5.89. The van der Waals surface area contributed by atoms with Crippen molar-refractivity contribution in [1.29, 1.82) is 0 Å². The van der Waals surface area contributed by atoms with Crippen LogP contribution in [-0.4, -0.2) is 21.0 Å². The van der Waals surface area contributed by atoms with E-state index in [1.165, 1.54) is 12.5 Å². The van der Waals surface area contributed by atoms with Gasteiger partial charge in [-0.15, -0.1) is 0 Å². The van der Waals surface area contributed by atoms with Crippen LogP contribution in [0.1, 0.15) is 37.7 Å². The van der Waals surface area contributed by atoms with E-state index in [0.29, 0.717) is 18.2 Å². The lowest BCUT2D eigenvalue weighted by atomic mass is 9.85. The van der Waals surface area contributed by atoms with Gasteiger partial charge >= 0.3 is 6.18 Å². The van der Waals surface area contributed by atoms with Crippen molar-refractivity contribution in [2.75, 3.05) is 11.4 Å². The lowest BCUT2D eigenvalue weighted by Gasteiger charge is -2.33. The number of halogens is 3. The largest absolute Gasteiger partial charge is 0.417 e. The average Bonchev–Trinajstić information content (AvgIpc) is 2.88. The van der Waals surface area contributed by atoms with Crippen LogP contribution in [0.3, 0.4) is 0 Å². The molecule has 128 valence electrons. The molecule has 1 aromatic carbocycles. The van der Waals surface area contributed by atoms with Crippen molar-refractivity contribution in [3.05, 3.63) is 23.8 Å². The van der Waals surface area contributed by atoms with Crippen LogP contribution in [0.25, 0.3) is 0 Å². The van der Waals surface area contributed by atoms with Gasteiger partial charge in [-0.05, 0) is 43.4 Å². The number of hydrogen-bond donors (Lipinski definition) is 1. The van der Waals surface area contributed by atoms with Crippen molar-refractivity contribution in [2.45, 2.75) is 49.2 Å². The number of rotatable bonds is 2. The van der Waals surface area contributed by atoms with Gasteiger partial charge in [0.1, 0.15) is 0 Å². The molecule has 0 aromatic heterocycles. The van der Waals surface area contributed by atoms with E-state index in [1.54, 1.807) is 0 Å². The molecule has 4 nitrogen and oxygen atoms in total. The van der Waals surface area contributed by atoms with Gasteiger partial charge in [-0.25, -0.2) is 13.6 Å². The summed E-state index contributed by atoms with van der Waals surface area (Å²) in [6.45, 7) is 0.710. The summed E-state index contributed by atoms with van der Waals surface area (Å²) in [5, 5.41) is 4.92. The van der Waals surface area contributed by atoms with Crippen LogP contribution in [0.15, 0.2) is 23.1 Å². The first-order valence-electron chi connectivity index (χ1n) is 7.68. The third kappa shape index (κ3) is 3.19. The number of alkyl halides is 3. The van der Waals surface area contributed by atoms with Gasteiger partial charge in [0.2, 0.25) is 10.0 Å². The molecule has 3 rings (SSSR count). The number of anilines is 1. The summed E-state index contributed by atoms with van der Waals surface area (Å²) in [4.78, 5) is 1.12. The van der Waals surface area contributed by atoms with Crippen molar-refractivity contribution >= 4 is 15.7 Å². The maximum Gasteiger partial charge on any atom is 0.417 e. The van der Waals surface area contributed by atoms with Gasteiger partial charge < -0.3 is 4.90 Å². The van der Waals surface area contributed by atoms with Crippen LogP contribution in [0.5, 0.6) is 0 Å². The molecule has 2 N–H and O–H groups in total. The summed E-state index contributed by atoms with van der Waals surface area (Å²) in [7, 11) is -4.42. The minimum atomic E-state index is -4.76. The first-order chi connectivity index (χ1) is 10.7. The van der Waals surface area contributed by atoms with Gasteiger partial charge in [0.25, 0.3) is 0 Å². The van der Waals surface area contributed by atoms with E-state index in [9.17, 15) is 21.6 Å². The Hall–Kier alpha value is -1.28. The lowest BCUT2D eigenvalue weighted by molar-refractivity contribution is -0.139. The predicted molar refractivity (Wildman–Crippen MR) is 80.5 cm³/mol. The number of hydrogen-bond acceptors (Lipinski definition) is 3. The Labute approximate surface area is 133 Å². The predicted octanol–water partition coefficient (Wildman–Crippen LogP) is 3.12. The molecule has 1 aliphatic carbocycles. The van der Waals surface area contributed by atoms with E-state index in [-0.39, 0.29) is 6.04 Å². The third-order valence-electron chi connectivity index (χ3n) is 4.92. The zero-order valence-electron chi connectivity index (χ0n) is 12.5. The van der Waals surface area contributed by atoms with Crippen LogP contribution < -0.4 is 10.0 Å². The van der Waals surface area contributed by atoms with Crippen molar-refractivity contribution in [3.63, 3.8) is 0 Å². The van der Waals surface area contributed by atoms with Gasteiger partial charge in [-0.1, -0.05) is 12.8 Å². The first kappa shape index (κ1) is 16.6. The zero-order chi connectivity index (χ0) is 16.8. The van der Waals surface area contributed by atoms with E-state index >= 15 is 0 Å². The Kier molecular flexibility index (Phi) is 4.08. The molecule has 2 atom stereocenters. The fourth-order valence-corrected chi connectivity index (χ4v) is 4.63. The highest BCUT2D eigenvalue weighted by Gasteiger charge is 2.39. The molecule has 1 heterocycles. The molecular formula is C15H19F3N2O2S. The van der Waals surface area contributed by atoms with Gasteiger partial charge in [0.05, 0.1) is 10.5 Å². The number of primary sulfonamides is 1. The molecule has 2 aliphatic rings. The zero-order valence-corrected chi connectivity index (χ0v) is 13.3. The normalized spacial score (nSPS) is 25.5. The second kappa shape index (κ2) is 5.66. The molecule has 0 amide bonds. The standard InChI is InChI=1S/C15H19F3N2O2S/c16-15(17,18)12-9-11(5-6-14(12)23(19,21)22)20-8-7-10-3-1-2-4-13(10)20/h5-6,9-10,13H,1-4,7-8H2,(H2,19,21,22). The minimum Gasteiger partial charge on any atom is -0.368 e. The van der Waals surface area contributed by atoms with E-state index in [0.717, 1.165) is 37.8 Å². The summed E-state index contributed by atoms with van der Waals surface area (Å²) in [5.74, 6) is 0.524. The quantitative estimate of drug-likeness (QED) is 0.893. The monoisotopic (exact) mass is 348 g/mol. The Morgan fingerprint density at radius 2 is 1.83 bits per heavy atom. The van der Waals surface area contributed by atoms with Gasteiger partial charge in [0, 0.05) is 18.3 Å². The summed E-state index contributed by atoms with van der Waals surface area (Å²) >= 11 is 0. The van der Waals surface area contributed by atoms with E-state index in [1.807, 2.05) is 4.90 Å². The molecule has 0 radical (unpaired) electrons. The second-order valence-corrected chi connectivity index (χ2v) is 7.85. The number of fused-ring (bicyclic) bond motifs is 1. The highest BCUT2D eigenvalue weighted by Crippen LogP contribution is 2.41. The summed E-state index contributed by atoms with van der Waals surface area (Å²) in [6.07, 6.45) is 0.560. The van der Waals surface area contributed by atoms with Crippen molar-refractivity contribution in [1.82, 2.24) is 0 Å². The molecule has 2 fully saturated rings. The smallest absolute Gasteiger partial charge is 0.368 e. The fourth-order valence-electron chi connectivity index (χ4n) is 3.89. The minimum absolute atomic E-state index is 0.255. The molecule has 1 aromatic rings. The maximum absolute atomic E-state index is 13.2. The molecule has 1 aliphatic heterocycles. The van der Waals surface area contributed by atoms with E-state index < -0.39 is 26.7 Å². The topological polar surface area (TPSA) is 63.4 Å². The van der Waals surface area contributed by atoms with Crippen molar-refractivity contribution in [3.8, 4) is 0 Å². The highest BCUT2D eigenvalue weighted by molar-refractivity contribution is 7.89. The molecule has 2 unspecified atom stereocenters. The Bertz CT molecular complexity index is 703. The number of nitrogens with zero attached hydrogens (tertiary/aromatic N) is 1. The van der Waals surface area contributed by atoms with E-state index in [2.05, 4.69) is 0 Å². The fraction of sp³-hybridized carbons (Fsp3) is 0.600. The van der Waals surface area contributed by atoms with Gasteiger partial charge in [-0.3, -0.25) is 0 Å². The molecule has 0 spiro atoms. The first-order valence-corrected chi connectivity index (χ1v) is 9.23. The Morgan fingerprint density at radius 1 is 1.13 bits per heavy atom. The highest BCUT2D eigenvalue weighted by atomic mass is 32.2. The van der Waals surface area contributed by atoms with Crippen LogP contribution >= 0.6 is 0 Å². The Balaban J connectivity index is 2.02. The molecular weight excluding hydrogens is 329 g/mol. The molecule has 23 heavy (non-hydrogen) atoms. The van der Waals surface area contributed by atoms with Crippen LogP contribution in [0, 0.1) is 5.92 Å². The van der Waals surface area contributed by atoms with Crippen molar-refractivity contribution < 1.29 is 21.6 Å².